The quantitative estimate of drug-likeness (QED) is 0.780. The monoisotopic (exact) mass is 230 g/mol. The smallest absolute Gasteiger partial charge is 0.119 e. The van der Waals surface area contributed by atoms with E-state index >= 15 is 0 Å². The first-order valence-corrected chi connectivity index (χ1v) is 6.04. The fraction of sp³-hybridized carbons (Fsp3) is 0.500. The summed E-state index contributed by atoms with van der Waals surface area (Å²) >= 11 is 0. The maximum Gasteiger partial charge on any atom is 0.119 e. The minimum atomic E-state index is -0.0899. The SMILES string of the molecule is CCOc1ccc(N(C)CC2(C#N)CC2)cc1. The Morgan fingerprint density at radius 3 is 2.47 bits per heavy atom. The van der Waals surface area contributed by atoms with Gasteiger partial charge in [-0.25, -0.2) is 0 Å². The first-order chi connectivity index (χ1) is 8.19. The highest BCUT2D eigenvalue weighted by atomic mass is 16.5. The van der Waals surface area contributed by atoms with Crippen LogP contribution in [0, 0.1) is 16.7 Å². The molecule has 3 nitrogen and oxygen atoms in total. The van der Waals surface area contributed by atoms with Gasteiger partial charge in [0.2, 0.25) is 0 Å². The summed E-state index contributed by atoms with van der Waals surface area (Å²) in [7, 11) is 2.03. The van der Waals surface area contributed by atoms with Crippen LogP contribution in [0.2, 0.25) is 0 Å². The van der Waals surface area contributed by atoms with Crippen molar-refractivity contribution in [3.05, 3.63) is 24.3 Å². The van der Waals surface area contributed by atoms with Crippen molar-refractivity contribution in [2.75, 3.05) is 25.1 Å². The molecule has 3 heteroatoms. The van der Waals surface area contributed by atoms with E-state index in [4.69, 9.17) is 10.00 Å². The third-order valence-corrected chi connectivity index (χ3v) is 3.22. The summed E-state index contributed by atoms with van der Waals surface area (Å²) in [6, 6.07) is 10.4. The van der Waals surface area contributed by atoms with Crippen molar-refractivity contribution < 1.29 is 4.74 Å². The van der Waals surface area contributed by atoms with E-state index in [-0.39, 0.29) is 5.41 Å². The molecule has 90 valence electrons. The van der Waals surface area contributed by atoms with Gasteiger partial charge in [0.25, 0.3) is 0 Å². The van der Waals surface area contributed by atoms with Crippen LogP contribution in [0.3, 0.4) is 0 Å². The van der Waals surface area contributed by atoms with Crippen molar-refractivity contribution in [1.29, 1.82) is 5.26 Å². The van der Waals surface area contributed by atoms with Crippen molar-refractivity contribution in [3.8, 4) is 11.8 Å². The highest BCUT2D eigenvalue weighted by Crippen LogP contribution is 2.45. The van der Waals surface area contributed by atoms with Crippen LogP contribution in [0.4, 0.5) is 5.69 Å². The Morgan fingerprint density at radius 1 is 1.35 bits per heavy atom. The Balaban J connectivity index is 2.00. The van der Waals surface area contributed by atoms with Crippen molar-refractivity contribution in [3.63, 3.8) is 0 Å². The molecule has 0 radical (unpaired) electrons. The standard InChI is InChI=1S/C14H18N2O/c1-3-17-13-6-4-12(5-7-13)16(2)11-14(10-15)8-9-14/h4-7H,3,8-9,11H2,1-2H3. The predicted octanol–water partition coefficient (Wildman–Crippen LogP) is 2.83. The van der Waals surface area contributed by atoms with Gasteiger partial charge >= 0.3 is 0 Å². The van der Waals surface area contributed by atoms with Crippen LogP contribution in [0.15, 0.2) is 24.3 Å². The average molecular weight is 230 g/mol. The second-order valence-electron chi connectivity index (χ2n) is 4.68. The second kappa shape index (κ2) is 4.67. The first kappa shape index (κ1) is 11.8. The molecule has 0 saturated heterocycles. The number of nitriles is 1. The molecule has 0 amide bonds. The van der Waals surface area contributed by atoms with E-state index < -0.39 is 0 Å². The third-order valence-electron chi connectivity index (χ3n) is 3.22. The molecule has 0 unspecified atom stereocenters. The Morgan fingerprint density at radius 2 is 2.00 bits per heavy atom. The Kier molecular flexibility index (Phi) is 3.23. The Hall–Kier alpha value is -1.69. The van der Waals surface area contributed by atoms with Gasteiger partial charge in [0, 0.05) is 19.3 Å². The molecule has 1 aromatic carbocycles. The van der Waals surface area contributed by atoms with Gasteiger partial charge in [-0.15, -0.1) is 0 Å². The van der Waals surface area contributed by atoms with E-state index in [2.05, 4.69) is 11.0 Å². The lowest BCUT2D eigenvalue weighted by molar-refractivity contribution is 0.340. The predicted molar refractivity (Wildman–Crippen MR) is 68.2 cm³/mol. The third kappa shape index (κ3) is 2.71. The van der Waals surface area contributed by atoms with Crippen LogP contribution in [0.1, 0.15) is 19.8 Å². The summed E-state index contributed by atoms with van der Waals surface area (Å²) in [6.45, 7) is 3.48. The van der Waals surface area contributed by atoms with Gasteiger partial charge in [-0.3, -0.25) is 0 Å². The van der Waals surface area contributed by atoms with Gasteiger partial charge in [0.15, 0.2) is 0 Å². The highest BCUT2D eigenvalue weighted by molar-refractivity contribution is 5.49. The van der Waals surface area contributed by atoms with Gasteiger partial charge in [-0.2, -0.15) is 5.26 Å². The molecule has 0 N–H and O–H groups in total. The minimum Gasteiger partial charge on any atom is -0.494 e. The molecule has 0 aromatic heterocycles. The zero-order valence-electron chi connectivity index (χ0n) is 10.4. The Bertz CT molecular complexity index is 415. The first-order valence-electron chi connectivity index (χ1n) is 6.04. The van der Waals surface area contributed by atoms with Crippen LogP contribution in [0.5, 0.6) is 5.75 Å². The molecule has 1 aromatic rings. The van der Waals surface area contributed by atoms with Gasteiger partial charge in [-0.1, -0.05) is 0 Å². The molecule has 1 aliphatic carbocycles. The molecular weight excluding hydrogens is 212 g/mol. The van der Waals surface area contributed by atoms with Crippen molar-refractivity contribution in [2.45, 2.75) is 19.8 Å². The minimum absolute atomic E-state index is 0.0899. The fourth-order valence-corrected chi connectivity index (χ4v) is 1.96. The molecule has 1 aliphatic rings. The summed E-state index contributed by atoms with van der Waals surface area (Å²) in [5.41, 5.74) is 1.04. The Labute approximate surface area is 103 Å². The summed E-state index contributed by atoms with van der Waals surface area (Å²) < 4.78 is 5.40. The van der Waals surface area contributed by atoms with E-state index in [1.165, 1.54) is 0 Å². The molecule has 0 aliphatic heterocycles. The number of hydrogen-bond acceptors (Lipinski definition) is 3. The maximum absolute atomic E-state index is 9.07. The van der Waals surface area contributed by atoms with Gasteiger partial charge in [0.05, 0.1) is 18.1 Å². The molecule has 0 atom stereocenters. The molecule has 2 rings (SSSR count). The fourth-order valence-electron chi connectivity index (χ4n) is 1.96. The van der Waals surface area contributed by atoms with Crippen molar-refractivity contribution in [1.82, 2.24) is 0 Å². The maximum atomic E-state index is 9.07. The van der Waals surface area contributed by atoms with E-state index in [1.54, 1.807) is 0 Å². The number of rotatable bonds is 5. The largest absolute Gasteiger partial charge is 0.494 e. The normalized spacial score (nSPS) is 16.1. The highest BCUT2D eigenvalue weighted by Gasteiger charge is 2.44. The summed E-state index contributed by atoms with van der Waals surface area (Å²) in [4.78, 5) is 2.14. The van der Waals surface area contributed by atoms with Crippen molar-refractivity contribution >= 4 is 5.69 Å². The summed E-state index contributed by atoms with van der Waals surface area (Å²) in [5.74, 6) is 0.895. The van der Waals surface area contributed by atoms with Crippen LogP contribution < -0.4 is 9.64 Å². The van der Waals surface area contributed by atoms with E-state index in [0.29, 0.717) is 6.61 Å². The molecule has 0 bridgehead atoms. The number of benzene rings is 1. The van der Waals surface area contributed by atoms with Crippen LogP contribution >= 0.6 is 0 Å². The molecule has 1 fully saturated rings. The second-order valence-corrected chi connectivity index (χ2v) is 4.68. The van der Waals surface area contributed by atoms with E-state index in [9.17, 15) is 0 Å². The molecule has 1 saturated carbocycles. The number of hydrogen-bond donors (Lipinski definition) is 0. The number of ether oxygens (including phenoxy) is 1. The summed E-state index contributed by atoms with van der Waals surface area (Å²) in [5, 5.41) is 9.07. The number of anilines is 1. The zero-order chi connectivity index (χ0) is 12.3. The van der Waals surface area contributed by atoms with Gasteiger partial charge in [0.1, 0.15) is 5.75 Å². The summed E-state index contributed by atoms with van der Waals surface area (Å²) in [6.07, 6.45) is 2.07. The zero-order valence-corrected chi connectivity index (χ0v) is 10.4. The van der Waals surface area contributed by atoms with Gasteiger partial charge in [-0.05, 0) is 44.0 Å². The lowest BCUT2D eigenvalue weighted by atomic mass is 10.1. The molecule has 0 spiro atoms. The number of nitrogens with zero attached hydrogens (tertiary/aromatic N) is 2. The molecular formula is C14H18N2O. The van der Waals surface area contributed by atoms with E-state index in [0.717, 1.165) is 30.8 Å². The van der Waals surface area contributed by atoms with Crippen molar-refractivity contribution in [2.24, 2.45) is 5.41 Å². The van der Waals surface area contributed by atoms with Crippen LogP contribution in [-0.4, -0.2) is 20.2 Å². The van der Waals surface area contributed by atoms with Gasteiger partial charge < -0.3 is 9.64 Å². The molecule has 0 heterocycles. The lowest BCUT2D eigenvalue weighted by Crippen LogP contribution is -2.25. The lowest BCUT2D eigenvalue weighted by Gasteiger charge is -2.22. The van der Waals surface area contributed by atoms with E-state index in [1.807, 2.05) is 38.2 Å². The van der Waals surface area contributed by atoms with Crippen LogP contribution in [0.25, 0.3) is 0 Å². The average Bonchev–Trinajstić information content (AvgIpc) is 3.11. The van der Waals surface area contributed by atoms with Crippen LogP contribution in [-0.2, 0) is 0 Å². The topological polar surface area (TPSA) is 36.3 Å². The molecule has 17 heavy (non-hydrogen) atoms.